The topological polar surface area (TPSA) is 144 Å². The Balaban J connectivity index is 1.82. The van der Waals surface area contributed by atoms with Gasteiger partial charge in [0.15, 0.2) is 29.8 Å². The fourth-order valence-corrected chi connectivity index (χ4v) is 4.39. The summed E-state index contributed by atoms with van der Waals surface area (Å²) in [5, 5.41) is 10.6. The quantitative estimate of drug-likeness (QED) is 0.461. The predicted molar refractivity (Wildman–Crippen MR) is 100 cm³/mol. The van der Waals surface area contributed by atoms with E-state index in [-0.39, 0.29) is 31.8 Å². The first-order valence-corrected chi connectivity index (χ1v) is 10.5. The second kappa shape index (κ2) is 8.24. The molecular weight excluding hydrogens is 389 g/mol. The number of nitrogens with zero attached hydrogens (tertiary/aromatic N) is 4. The van der Waals surface area contributed by atoms with Crippen molar-refractivity contribution in [2.45, 2.75) is 38.4 Å². The van der Waals surface area contributed by atoms with E-state index >= 15 is 0 Å². The smallest absolute Gasteiger partial charge is 0.356 e. The number of anilines is 1. The first-order valence-electron chi connectivity index (χ1n) is 8.81. The fourth-order valence-electron chi connectivity index (χ4n) is 3.00. The number of aliphatic hydroxyl groups is 1. The summed E-state index contributed by atoms with van der Waals surface area (Å²) in [6, 6.07) is 0. The summed E-state index contributed by atoms with van der Waals surface area (Å²) in [6.07, 6.45) is 2.03. The van der Waals surface area contributed by atoms with Crippen LogP contribution in [0.3, 0.4) is 0 Å². The Morgan fingerprint density at radius 3 is 2.79 bits per heavy atom. The van der Waals surface area contributed by atoms with Gasteiger partial charge in [-0.2, -0.15) is 0 Å². The number of nitrogens with two attached hydrogens (primary N) is 1. The number of aliphatic hydroxyl groups excluding tert-OH is 1. The number of rotatable bonds is 9. The maximum absolute atomic E-state index is 12.7. The maximum atomic E-state index is 12.7. The van der Waals surface area contributed by atoms with E-state index in [1.165, 1.54) is 23.3 Å². The first-order chi connectivity index (χ1) is 13.4. The van der Waals surface area contributed by atoms with Crippen LogP contribution in [0.4, 0.5) is 5.82 Å². The molecule has 0 bridgehead atoms. The summed E-state index contributed by atoms with van der Waals surface area (Å²) < 4.78 is 36.3. The molecule has 154 valence electrons. The van der Waals surface area contributed by atoms with Crippen LogP contribution < -0.4 is 5.73 Å². The zero-order valence-corrected chi connectivity index (χ0v) is 16.6. The molecule has 0 aliphatic carbocycles. The number of nitrogen functional groups attached to an aromatic ring is 1. The van der Waals surface area contributed by atoms with E-state index in [4.69, 9.17) is 24.3 Å². The van der Waals surface area contributed by atoms with E-state index < -0.39 is 25.7 Å². The number of ether oxygens (including phenoxy) is 2. The van der Waals surface area contributed by atoms with Crippen molar-refractivity contribution in [3.05, 3.63) is 25.3 Å². The van der Waals surface area contributed by atoms with Crippen LogP contribution in [-0.4, -0.2) is 56.1 Å². The van der Waals surface area contributed by atoms with Gasteiger partial charge in [0.1, 0.15) is 17.9 Å². The highest BCUT2D eigenvalue weighted by atomic mass is 31.2. The molecule has 3 N–H and O–H groups in total. The van der Waals surface area contributed by atoms with Gasteiger partial charge in [-0.3, -0.25) is 9.13 Å². The number of imidazole rings is 1. The highest BCUT2D eigenvalue weighted by molar-refractivity contribution is 7.53. The van der Waals surface area contributed by atoms with E-state index in [1.807, 2.05) is 0 Å². The summed E-state index contributed by atoms with van der Waals surface area (Å²) in [4.78, 5) is 12.2. The highest BCUT2D eigenvalue weighted by Crippen LogP contribution is 2.50. The monoisotopic (exact) mass is 413 g/mol. The van der Waals surface area contributed by atoms with Crippen molar-refractivity contribution in [2.24, 2.45) is 0 Å². The van der Waals surface area contributed by atoms with Crippen molar-refractivity contribution >= 4 is 24.6 Å². The van der Waals surface area contributed by atoms with E-state index in [9.17, 15) is 9.67 Å². The van der Waals surface area contributed by atoms with Gasteiger partial charge in [0.2, 0.25) is 0 Å². The van der Waals surface area contributed by atoms with Gasteiger partial charge in [-0.25, -0.2) is 15.0 Å². The summed E-state index contributed by atoms with van der Waals surface area (Å²) >= 11 is 0. The lowest BCUT2D eigenvalue weighted by Crippen LogP contribution is -2.30. The second-order valence-electron chi connectivity index (χ2n) is 6.10. The number of hydrogen-bond acceptors (Lipinski definition) is 10. The maximum Gasteiger partial charge on any atom is 0.356 e. The van der Waals surface area contributed by atoms with E-state index in [1.54, 1.807) is 13.8 Å². The second-order valence-corrected chi connectivity index (χ2v) is 8.10. The van der Waals surface area contributed by atoms with Crippen LogP contribution in [0.1, 0.15) is 26.5 Å². The van der Waals surface area contributed by atoms with Gasteiger partial charge in [0.25, 0.3) is 0 Å². The van der Waals surface area contributed by atoms with Gasteiger partial charge in [-0.15, -0.1) is 0 Å². The summed E-state index contributed by atoms with van der Waals surface area (Å²) in [6.45, 7) is 7.55. The Morgan fingerprint density at radius 2 is 2.14 bits per heavy atom. The molecule has 0 amide bonds. The lowest BCUT2D eigenvalue weighted by atomic mass is 10.1. The molecule has 3 heterocycles. The zero-order chi connectivity index (χ0) is 20.4. The molecule has 0 saturated carbocycles. The average Bonchev–Trinajstić information content (AvgIpc) is 3.23. The normalized spacial score (nSPS) is 25.4. The SMILES string of the molecule is C=CC1(OCP(=O)(OCC)OCC)CC(O)C(n2cnc3c(N)ncnc32)O1. The molecule has 3 atom stereocenters. The van der Waals surface area contributed by atoms with Crippen molar-refractivity contribution in [2.75, 3.05) is 25.3 Å². The molecule has 28 heavy (non-hydrogen) atoms. The Morgan fingerprint density at radius 1 is 1.43 bits per heavy atom. The molecule has 2 aromatic rings. The largest absolute Gasteiger partial charge is 0.388 e. The fraction of sp³-hybridized carbons (Fsp3) is 0.562. The Hall–Kier alpha value is -1.88. The zero-order valence-electron chi connectivity index (χ0n) is 15.7. The van der Waals surface area contributed by atoms with Crippen LogP contribution in [0, 0.1) is 0 Å². The minimum atomic E-state index is -3.46. The Bertz CT molecular complexity index is 882. The third-order valence-corrected chi connectivity index (χ3v) is 5.98. The van der Waals surface area contributed by atoms with Crippen molar-refractivity contribution in [1.82, 2.24) is 19.5 Å². The molecule has 0 radical (unpaired) electrons. The van der Waals surface area contributed by atoms with E-state index in [2.05, 4.69) is 21.5 Å². The van der Waals surface area contributed by atoms with Gasteiger partial charge < -0.3 is 29.4 Å². The summed E-state index contributed by atoms with van der Waals surface area (Å²) in [7, 11) is -3.46. The van der Waals surface area contributed by atoms with Gasteiger partial charge in [-0.1, -0.05) is 6.58 Å². The Kier molecular flexibility index (Phi) is 6.13. The van der Waals surface area contributed by atoms with Crippen LogP contribution in [0.25, 0.3) is 11.2 Å². The van der Waals surface area contributed by atoms with Crippen LogP contribution in [0.2, 0.25) is 0 Å². The molecule has 1 aliphatic heterocycles. The van der Waals surface area contributed by atoms with Crippen molar-refractivity contribution in [3.8, 4) is 0 Å². The van der Waals surface area contributed by atoms with Gasteiger partial charge in [0, 0.05) is 6.42 Å². The molecule has 3 unspecified atom stereocenters. The average molecular weight is 413 g/mol. The summed E-state index contributed by atoms with van der Waals surface area (Å²) in [5.74, 6) is -1.17. The molecule has 1 saturated heterocycles. The third-order valence-electron chi connectivity index (χ3n) is 4.23. The van der Waals surface area contributed by atoms with Crippen molar-refractivity contribution in [1.29, 1.82) is 0 Å². The van der Waals surface area contributed by atoms with Crippen LogP contribution >= 0.6 is 7.60 Å². The Labute approximate surface area is 162 Å². The predicted octanol–water partition coefficient (Wildman–Crippen LogP) is 1.81. The lowest BCUT2D eigenvalue weighted by molar-refractivity contribution is -0.201. The molecule has 0 spiro atoms. The minimum absolute atomic E-state index is 0.0552. The first kappa shape index (κ1) is 20.8. The van der Waals surface area contributed by atoms with Crippen LogP contribution in [0.15, 0.2) is 25.3 Å². The third kappa shape index (κ3) is 3.95. The van der Waals surface area contributed by atoms with Crippen molar-refractivity contribution in [3.63, 3.8) is 0 Å². The highest BCUT2D eigenvalue weighted by Gasteiger charge is 2.48. The van der Waals surface area contributed by atoms with Gasteiger partial charge in [0.05, 0.1) is 19.5 Å². The van der Waals surface area contributed by atoms with Gasteiger partial charge >= 0.3 is 7.60 Å². The number of aromatic nitrogens is 4. The number of fused-ring (bicyclic) bond motifs is 1. The van der Waals surface area contributed by atoms with E-state index in [0.29, 0.717) is 11.2 Å². The molecule has 1 aliphatic rings. The molecule has 12 heteroatoms. The standard InChI is InChI=1S/C16H24N5O6P/c1-4-16(24-10-28(23,25-5-2)26-6-3)7-11(22)15(27-16)21-9-20-12-13(17)18-8-19-14(12)21/h4,8-9,11,15,22H,1,5-7,10H2,2-3H3,(H2,17,18,19). The van der Waals surface area contributed by atoms with E-state index in [0.717, 1.165) is 0 Å². The molecule has 2 aromatic heterocycles. The lowest BCUT2D eigenvalue weighted by Gasteiger charge is -2.28. The summed E-state index contributed by atoms with van der Waals surface area (Å²) in [5.41, 5.74) is 6.61. The van der Waals surface area contributed by atoms with Gasteiger partial charge in [-0.05, 0) is 19.9 Å². The van der Waals surface area contributed by atoms with Crippen molar-refractivity contribution < 1.29 is 28.2 Å². The molecular formula is C16H24N5O6P. The molecule has 0 aromatic carbocycles. The number of hydrogen-bond donors (Lipinski definition) is 2. The molecule has 11 nitrogen and oxygen atoms in total. The minimum Gasteiger partial charge on any atom is -0.388 e. The van der Waals surface area contributed by atoms with Crippen LogP contribution in [0.5, 0.6) is 0 Å². The molecule has 3 rings (SSSR count). The molecule has 1 fully saturated rings. The van der Waals surface area contributed by atoms with Crippen LogP contribution in [-0.2, 0) is 23.1 Å².